The second-order valence-electron chi connectivity index (χ2n) is 7.24. The lowest BCUT2D eigenvalue weighted by Gasteiger charge is -2.27. The van der Waals surface area contributed by atoms with Crippen LogP contribution in [0.25, 0.3) is 10.2 Å². The molecule has 29 heavy (non-hydrogen) atoms. The van der Waals surface area contributed by atoms with Crippen LogP contribution in [0.3, 0.4) is 0 Å². The predicted octanol–water partition coefficient (Wildman–Crippen LogP) is 4.23. The van der Waals surface area contributed by atoms with Crippen LogP contribution >= 0.6 is 11.3 Å². The van der Waals surface area contributed by atoms with Gasteiger partial charge in [0.25, 0.3) is 5.91 Å². The summed E-state index contributed by atoms with van der Waals surface area (Å²) < 4.78 is 6.57. The van der Waals surface area contributed by atoms with Gasteiger partial charge in [0, 0.05) is 31.7 Å². The lowest BCUT2D eigenvalue weighted by molar-refractivity contribution is 0.0376. The van der Waals surface area contributed by atoms with Gasteiger partial charge in [0.2, 0.25) is 0 Å². The van der Waals surface area contributed by atoms with E-state index in [0.717, 1.165) is 61.0 Å². The Bertz CT molecular complexity index is 951. The van der Waals surface area contributed by atoms with E-state index in [9.17, 15) is 4.79 Å². The van der Waals surface area contributed by atoms with E-state index in [1.807, 2.05) is 35.2 Å². The summed E-state index contributed by atoms with van der Waals surface area (Å²) >= 11 is 1.60. The predicted molar refractivity (Wildman–Crippen MR) is 119 cm³/mol. The fraction of sp³-hybridized carbons (Fsp3) is 0.391. The Morgan fingerprint density at radius 1 is 1.14 bits per heavy atom. The van der Waals surface area contributed by atoms with Gasteiger partial charge in [-0.3, -0.25) is 14.6 Å². The summed E-state index contributed by atoms with van der Waals surface area (Å²) in [5.41, 5.74) is 2.95. The Hall–Kier alpha value is -2.28. The van der Waals surface area contributed by atoms with E-state index in [1.165, 1.54) is 5.56 Å². The molecule has 2 heterocycles. The number of ether oxygens (including phenoxy) is 1. The van der Waals surface area contributed by atoms with Crippen molar-refractivity contribution in [2.24, 2.45) is 0 Å². The van der Waals surface area contributed by atoms with Gasteiger partial charge >= 0.3 is 0 Å². The average Bonchev–Trinajstić information content (AvgIpc) is 3.21. The van der Waals surface area contributed by atoms with Crippen molar-refractivity contribution in [3.05, 3.63) is 59.7 Å². The fourth-order valence-corrected chi connectivity index (χ4v) is 4.73. The van der Waals surface area contributed by atoms with Crippen molar-refractivity contribution in [1.82, 2.24) is 9.88 Å². The quantitative estimate of drug-likeness (QED) is 0.586. The number of nitrogens with zero attached hydrogens (tertiary/aromatic N) is 3. The molecule has 0 atom stereocenters. The standard InChI is InChI=1S/C23H27N3O2S/c1-2-18-10-6-11-20-21(18)24-23(29-20)26(22(27)19-8-4-3-5-9-19)13-7-12-25-14-16-28-17-15-25/h3-6,8-11H,2,7,12-17H2,1H3. The van der Waals surface area contributed by atoms with Crippen molar-refractivity contribution in [3.63, 3.8) is 0 Å². The number of amides is 1. The van der Waals surface area contributed by atoms with Gasteiger partial charge in [-0.15, -0.1) is 0 Å². The van der Waals surface area contributed by atoms with Crippen LogP contribution < -0.4 is 4.90 Å². The summed E-state index contributed by atoms with van der Waals surface area (Å²) in [6, 6.07) is 15.8. The minimum atomic E-state index is 0.0182. The van der Waals surface area contributed by atoms with E-state index in [1.54, 1.807) is 11.3 Å². The van der Waals surface area contributed by atoms with E-state index < -0.39 is 0 Å². The fourth-order valence-electron chi connectivity index (χ4n) is 3.69. The molecule has 6 heteroatoms. The highest BCUT2D eigenvalue weighted by Crippen LogP contribution is 2.32. The lowest BCUT2D eigenvalue weighted by Crippen LogP contribution is -2.39. The molecular weight excluding hydrogens is 382 g/mol. The zero-order valence-corrected chi connectivity index (χ0v) is 17.7. The number of morpholine rings is 1. The number of benzene rings is 2. The molecule has 0 spiro atoms. The minimum absolute atomic E-state index is 0.0182. The number of anilines is 1. The molecule has 0 aliphatic carbocycles. The molecule has 1 fully saturated rings. The molecule has 152 valence electrons. The van der Waals surface area contributed by atoms with Crippen molar-refractivity contribution >= 4 is 32.6 Å². The van der Waals surface area contributed by atoms with Gasteiger partial charge in [0.15, 0.2) is 5.13 Å². The third kappa shape index (κ3) is 4.66. The molecule has 1 aliphatic rings. The molecule has 5 nitrogen and oxygen atoms in total. The Balaban J connectivity index is 1.58. The van der Waals surface area contributed by atoms with E-state index in [4.69, 9.17) is 9.72 Å². The smallest absolute Gasteiger partial charge is 0.260 e. The second kappa shape index (κ2) is 9.48. The maximum atomic E-state index is 13.3. The summed E-state index contributed by atoms with van der Waals surface area (Å²) in [7, 11) is 0. The maximum absolute atomic E-state index is 13.3. The summed E-state index contributed by atoms with van der Waals surface area (Å²) in [6.45, 7) is 7.29. The lowest BCUT2D eigenvalue weighted by atomic mass is 10.1. The van der Waals surface area contributed by atoms with E-state index in [2.05, 4.69) is 30.0 Å². The second-order valence-corrected chi connectivity index (χ2v) is 8.25. The Morgan fingerprint density at radius 2 is 1.93 bits per heavy atom. The number of para-hydroxylation sites is 1. The van der Waals surface area contributed by atoms with Gasteiger partial charge in [0.1, 0.15) is 0 Å². The first-order valence-electron chi connectivity index (χ1n) is 10.3. The van der Waals surface area contributed by atoms with Crippen LogP contribution in [0.2, 0.25) is 0 Å². The molecule has 0 bridgehead atoms. The van der Waals surface area contributed by atoms with E-state index >= 15 is 0 Å². The van der Waals surface area contributed by atoms with Crippen LogP contribution in [-0.4, -0.2) is 55.2 Å². The molecule has 0 radical (unpaired) electrons. The van der Waals surface area contributed by atoms with Crippen LogP contribution in [0.4, 0.5) is 5.13 Å². The van der Waals surface area contributed by atoms with Crippen LogP contribution in [0, 0.1) is 0 Å². The molecular formula is C23H27N3O2S. The van der Waals surface area contributed by atoms with Gasteiger partial charge in [-0.1, -0.05) is 48.6 Å². The summed E-state index contributed by atoms with van der Waals surface area (Å²) in [5.74, 6) is 0.0182. The first-order valence-corrected chi connectivity index (χ1v) is 11.1. The Labute approximate surface area is 175 Å². The number of thiazole rings is 1. The number of aryl methyl sites for hydroxylation is 1. The third-order valence-electron chi connectivity index (χ3n) is 5.33. The highest BCUT2D eigenvalue weighted by Gasteiger charge is 2.22. The number of carbonyl (C=O) groups is 1. The highest BCUT2D eigenvalue weighted by atomic mass is 32.1. The van der Waals surface area contributed by atoms with Crippen LogP contribution in [0.15, 0.2) is 48.5 Å². The SMILES string of the molecule is CCc1cccc2sc(N(CCCN3CCOCC3)C(=O)c3ccccc3)nc12. The number of aromatic nitrogens is 1. The van der Waals surface area contributed by atoms with Crippen molar-refractivity contribution < 1.29 is 9.53 Å². The molecule has 1 amide bonds. The molecule has 0 unspecified atom stereocenters. The van der Waals surface area contributed by atoms with Gasteiger partial charge in [-0.25, -0.2) is 4.98 Å². The summed E-state index contributed by atoms with van der Waals surface area (Å²) in [6.07, 6.45) is 1.85. The summed E-state index contributed by atoms with van der Waals surface area (Å²) in [5, 5.41) is 0.789. The number of fused-ring (bicyclic) bond motifs is 1. The minimum Gasteiger partial charge on any atom is -0.379 e. The zero-order valence-electron chi connectivity index (χ0n) is 16.8. The van der Waals surface area contributed by atoms with Gasteiger partial charge in [-0.2, -0.15) is 0 Å². The first-order chi connectivity index (χ1) is 14.3. The van der Waals surface area contributed by atoms with Crippen molar-refractivity contribution in [1.29, 1.82) is 0 Å². The van der Waals surface area contributed by atoms with Crippen molar-refractivity contribution in [2.45, 2.75) is 19.8 Å². The Kier molecular flexibility index (Phi) is 6.54. The first kappa shape index (κ1) is 20.0. The molecule has 1 saturated heterocycles. The number of rotatable bonds is 7. The van der Waals surface area contributed by atoms with Gasteiger partial charge in [-0.05, 0) is 36.6 Å². The monoisotopic (exact) mass is 409 g/mol. The van der Waals surface area contributed by atoms with Crippen molar-refractivity contribution in [3.8, 4) is 0 Å². The molecule has 0 saturated carbocycles. The Morgan fingerprint density at radius 3 is 2.69 bits per heavy atom. The molecule has 1 aliphatic heterocycles. The topological polar surface area (TPSA) is 45.7 Å². The zero-order chi connectivity index (χ0) is 20.1. The molecule has 3 aromatic rings. The molecule has 0 N–H and O–H groups in total. The van der Waals surface area contributed by atoms with E-state index in [0.29, 0.717) is 12.1 Å². The van der Waals surface area contributed by atoms with Crippen molar-refractivity contribution in [2.75, 3.05) is 44.3 Å². The maximum Gasteiger partial charge on any atom is 0.260 e. The van der Waals surface area contributed by atoms with Crippen LogP contribution in [0.1, 0.15) is 29.3 Å². The highest BCUT2D eigenvalue weighted by molar-refractivity contribution is 7.22. The number of carbonyl (C=O) groups excluding carboxylic acids is 1. The summed E-state index contributed by atoms with van der Waals surface area (Å²) in [4.78, 5) is 22.5. The normalized spacial score (nSPS) is 14.9. The van der Waals surface area contributed by atoms with E-state index in [-0.39, 0.29) is 5.91 Å². The number of hydrogen-bond donors (Lipinski definition) is 0. The third-order valence-corrected chi connectivity index (χ3v) is 6.37. The van der Waals surface area contributed by atoms with Gasteiger partial charge < -0.3 is 4.74 Å². The molecule has 4 rings (SSSR count). The molecule has 1 aromatic heterocycles. The largest absolute Gasteiger partial charge is 0.379 e. The van der Waals surface area contributed by atoms with Crippen LogP contribution in [-0.2, 0) is 11.2 Å². The van der Waals surface area contributed by atoms with Crippen LogP contribution in [0.5, 0.6) is 0 Å². The average molecular weight is 410 g/mol. The van der Waals surface area contributed by atoms with Gasteiger partial charge in [0.05, 0.1) is 23.4 Å². The number of hydrogen-bond acceptors (Lipinski definition) is 5. The molecule has 2 aromatic carbocycles.